The Labute approximate surface area is 121 Å². The van der Waals surface area contributed by atoms with Gasteiger partial charge in [-0.15, -0.1) is 0 Å². The van der Waals surface area contributed by atoms with Crippen LogP contribution in [-0.2, 0) is 6.42 Å². The molecule has 0 saturated heterocycles. The molecule has 0 aliphatic rings. The van der Waals surface area contributed by atoms with Crippen molar-refractivity contribution < 1.29 is 0 Å². The third-order valence-corrected chi connectivity index (χ3v) is 3.57. The van der Waals surface area contributed by atoms with E-state index in [9.17, 15) is 0 Å². The molecule has 3 heteroatoms. The van der Waals surface area contributed by atoms with Crippen LogP contribution in [-0.4, -0.2) is 16.5 Å². The van der Waals surface area contributed by atoms with Crippen LogP contribution in [0.3, 0.4) is 0 Å². The summed E-state index contributed by atoms with van der Waals surface area (Å²) in [7, 11) is 0. The highest BCUT2D eigenvalue weighted by atomic mass is 14.9. The van der Waals surface area contributed by atoms with Crippen LogP contribution in [0, 0.1) is 20.8 Å². The van der Waals surface area contributed by atoms with Crippen LogP contribution in [0.2, 0.25) is 0 Å². The van der Waals surface area contributed by atoms with Crippen LogP contribution in [0.25, 0.3) is 0 Å². The van der Waals surface area contributed by atoms with Crippen molar-refractivity contribution in [2.75, 3.05) is 6.54 Å². The Bertz CT molecular complexity index is 541. The average Bonchev–Trinajstić information content (AvgIpc) is 2.38. The van der Waals surface area contributed by atoms with E-state index in [0.29, 0.717) is 6.04 Å². The van der Waals surface area contributed by atoms with E-state index in [1.54, 1.807) is 0 Å². The molecule has 2 heterocycles. The first kappa shape index (κ1) is 14.7. The summed E-state index contributed by atoms with van der Waals surface area (Å²) in [6.07, 6.45) is 2.79. The average molecular weight is 269 g/mol. The molecular formula is C17H23N3. The maximum Gasteiger partial charge on any atom is 0.0426 e. The van der Waals surface area contributed by atoms with Gasteiger partial charge in [-0.2, -0.15) is 0 Å². The van der Waals surface area contributed by atoms with Gasteiger partial charge in [0.05, 0.1) is 0 Å². The molecule has 0 aliphatic heterocycles. The van der Waals surface area contributed by atoms with Gasteiger partial charge in [0, 0.05) is 42.3 Å². The first-order valence-corrected chi connectivity index (χ1v) is 7.16. The summed E-state index contributed by atoms with van der Waals surface area (Å²) < 4.78 is 0. The fourth-order valence-corrected chi connectivity index (χ4v) is 2.75. The molecule has 0 spiro atoms. The SMILES string of the molecule is Cc1cc(C)c(C(C)NCCc2ccccn2)c(C)n1. The molecule has 0 saturated carbocycles. The van der Waals surface area contributed by atoms with Gasteiger partial charge in [-0.3, -0.25) is 9.97 Å². The van der Waals surface area contributed by atoms with Crippen LogP contribution in [0.5, 0.6) is 0 Å². The van der Waals surface area contributed by atoms with Crippen molar-refractivity contribution in [2.24, 2.45) is 0 Å². The van der Waals surface area contributed by atoms with Crippen molar-refractivity contribution in [1.82, 2.24) is 15.3 Å². The Hall–Kier alpha value is -1.74. The van der Waals surface area contributed by atoms with Gasteiger partial charge in [0.1, 0.15) is 0 Å². The monoisotopic (exact) mass is 269 g/mol. The van der Waals surface area contributed by atoms with Gasteiger partial charge in [0.25, 0.3) is 0 Å². The second-order valence-electron chi connectivity index (χ2n) is 5.33. The highest BCUT2D eigenvalue weighted by molar-refractivity contribution is 5.33. The summed E-state index contributed by atoms with van der Waals surface area (Å²) in [6.45, 7) is 9.42. The molecule has 1 atom stereocenters. The zero-order valence-electron chi connectivity index (χ0n) is 12.8. The fourth-order valence-electron chi connectivity index (χ4n) is 2.75. The lowest BCUT2D eigenvalue weighted by atomic mass is 10.0. The number of rotatable bonds is 5. The lowest BCUT2D eigenvalue weighted by Crippen LogP contribution is -2.23. The molecule has 0 radical (unpaired) electrons. The molecular weight excluding hydrogens is 246 g/mol. The molecule has 1 unspecified atom stereocenters. The molecule has 1 N–H and O–H groups in total. The Kier molecular flexibility index (Phi) is 4.85. The smallest absolute Gasteiger partial charge is 0.0426 e. The molecule has 0 amide bonds. The van der Waals surface area contributed by atoms with Crippen molar-refractivity contribution in [3.63, 3.8) is 0 Å². The van der Waals surface area contributed by atoms with E-state index in [4.69, 9.17) is 0 Å². The first-order chi connectivity index (χ1) is 9.58. The maximum atomic E-state index is 4.57. The van der Waals surface area contributed by atoms with E-state index < -0.39 is 0 Å². The number of hydrogen-bond acceptors (Lipinski definition) is 3. The summed E-state index contributed by atoms with van der Waals surface area (Å²) in [4.78, 5) is 8.91. The Balaban J connectivity index is 1.97. The van der Waals surface area contributed by atoms with E-state index in [1.807, 2.05) is 25.3 Å². The Morgan fingerprint density at radius 3 is 2.65 bits per heavy atom. The largest absolute Gasteiger partial charge is 0.310 e. The number of pyridine rings is 2. The fraction of sp³-hybridized carbons (Fsp3) is 0.412. The number of aryl methyl sites for hydroxylation is 3. The Morgan fingerprint density at radius 2 is 2.00 bits per heavy atom. The number of hydrogen-bond donors (Lipinski definition) is 1. The highest BCUT2D eigenvalue weighted by Crippen LogP contribution is 2.21. The van der Waals surface area contributed by atoms with Gasteiger partial charge in [0.15, 0.2) is 0 Å². The van der Waals surface area contributed by atoms with Crippen LogP contribution in [0.1, 0.15) is 41.2 Å². The summed E-state index contributed by atoms with van der Waals surface area (Å²) in [6, 6.07) is 8.51. The van der Waals surface area contributed by atoms with Crippen LogP contribution < -0.4 is 5.32 Å². The summed E-state index contributed by atoms with van der Waals surface area (Å²) in [5.41, 5.74) is 5.97. The summed E-state index contributed by atoms with van der Waals surface area (Å²) >= 11 is 0. The van der Waals surface area contributed by atoms with Crippen LogP contribution >= 0.6 is 0 Å². The second-order valence-corrected chi connectivity index (χ2v) is 5.33. The zero-order chi connectivity index (χ0) is 14.5. The zero-order valence-corrected chi connectivity index (χ0v) is 12.8. The molecule has 3 nitrogen and oxygen atoms in total. The van der Waals surface area contributed by atoms with Gasteiger partial charge in [-0.25, -0.2) is 0 Å². The molecule has 2 aromatic heterocycles. The Morgan fingerprint density at radius 1 is 1.20 bits per heavy atom. The lowest BCUT2D eigenvalue weighted by molar-refractivity contribution is 0.566. The van der Waals surface area contributed by atoms with Crippen molar-refractivity contribution in [1.29, 1.82) is 0 Å². The first-order valence-electron chi connectivity index (χ1n) is 7.16. The van der Waals surface area contributed by atoms with E-state index in [2.05, 4.69) is 48.2 Å². The third kappa shape index (κ3) is 3.64. The quantitative estimate of drug-likeness (QED) is 0.905. The lowest BCUT2D eigenvalue weighted by Gasteiger charge is -2.19. The topological polar surface area (TPSA) is 37.8 Å². The summed E-state index contributed by atoms with van der Waals surface area (Å²) in [5.74, 6) is 0. The molecule has 106 valence electrons. The second kappa shape index (κ2) is 6.62. The van der Waals surface area contributed by atoms with Crippen LogP contribution in [0.4, 0.5) is 0 Å². The normalized spacial score (nSPS) is 12.4. The predicted octanol–water partition coefficient (Wildman–Crippen LogP) is 3.30. The third-order valence-electron chi connectivity index (χ3n) is 3.57. The van der Waals surface area contributed by atoms with E-state index >= 15 is 0 Å². The minimum absolute atomic E-state index is 0.312. The van der Waals surface area contributed by atoms with Crippen molar-refractivity contribution in [3.05, 3.63) is 58.7 Å². The molecule has 0 fully saturated rings. The number of aromatic nitrogens is 2. The molecule has 0 aliphatic carbocycles. The summed E-state index contributed by atoms with van der Waals surface area (Å²) in [5, 5.41) is 3.57. The van der Waals surface area contributed by atoms with E-state index in [-0.39, 0.29) is 0 Å². The molecule has 2 rings (SSSR count). The minimum atomic E-state index is 0.312. The van der Waals surface area contributed by atoms with Gasteiger partial charge < -0.3 is 5.32 Å². The predicted molar refractivity (Wildman–Crippen MR) is 82.8 cm³/mol. The van der Waals surface area contributed by atoms with E-state index in [0.717, 1.165) is 30.0 Å². The van der Waals surface area contributed by atoms with Gasteiger partial charge in [0.2, 0.25) is 0 Å². The van der Waals surface area contributed by atoms with Gasteiger partial charge in [-0.1, -0.05) is 6.07 Å². The molecule has 2 aromatic rings. The van der Waals surface area contributed by atoms with Crippen molar-refractivity contribution in [2.45, 2.75) is 40.2 Å². The van der Waals surface area contributed by atoms with Crippen molar-refractivity contribution in [3.8, 4) is 0 Å². The minimum Gasteiger partial charge on any atom is -0.310 e. The highest BCUT2D eigenvalue weighted by Gasteiger charge is 2.12. The van der Waals surface area contributed by atoms with Crippen LogP contribution in [0.15, 0.2) is 30.5 Å². The molecule has 0 aromatic carbocycles. The van der Waals surface area contributed by atoms with Crippen molar-refractivity contribution >= 4 is 0 Å². The number of nitrogens with zero attached hydrogens (tertiary/aromatic N) is 2. The maximum absolute atomic E-state index is 4.57. The van der Waals surface area contributed by atoms with Gasteiger partial charge in [-0.05, 0) is 57.0 Å². The molecule has 20 heavy (non-hydrogen) atoms. The number of nitrogens with one attached hydrogen (secondary N) is 1. The van der Waals surface area contributed by atoms with E-state index in [1.165, 1.54) is 11.1 Å². The molecule has 0 bridgehead atoms. The standard InChI is InChI=1S/C17H23N3/c1-12-11-13(2)20-15(4)17(12)14(3)18-10-8-16-7-5-6-9-19-16/h5-7,9,11,14,18H,8,10H2,1-4H3. The van der Waals surface area contributed by atoms with Gasteiger partial charge >= 0.3 is 0 Å².